The Labute approximate surface area is 131 Å². The third-order valence-electron chi connectivity index (χ3n) is 4.99. The predicted molar refractivity (Wildman–Crippen MR) is 92.6 cm³/mol. The zero-order valence-electron chi connectivity index (χ0n) is 14.4. The molecule has 1 fully saturated rings. The summed E-state index contributed by atoms with van der Waals surface area (Å²) in [5.74, 6) is 1.61. The average Bonchev–Trinajstić information content (AvgIpc) is 2.48. The Morgan fingerprint density at radius 3 is 2.14 bits per heavy atom. The van der Waals surface area contributed by atoms with E-state index < -0.39 is 0 Å². The van der Waals surface area contributed by atoms with Gasteiger partial charge in [0.25, 0.3) is 0 Å². The molecular formula is C20H33N. The standard InChI is InChI=1S/C20H33N/c1-15(2)14-18-10-12-20(13-11-18)17(4)21-16(3)19-8-6-5-7-9-19/h10-13,15-17,19,21H,5-9,14H2,1-4H3/t16-,17?/m1/s1. The fraction of sp³-hybridized carbons (Fsp3) is 0.700. The lowest BCUT2D eigenvalue weighted by atomic mass is 9.84. The summed E-state index contributed by atoms with van der Waals surface area (Å²) >= 11 is 0. The summed E-state index contributed by atoms with van der Waals surface area (Å²) in [5.41, 5.74) is 2.88. The van der Waals surface area contributed by atoms with Crippen LogP contribution in [-0.2, 0) is 6.42 Å². The molecule has 1 unspecified atom stereocenters. The zero-order valence-corrected chi connectivity index (χ0v) is 14.4. The number of benzene rings is 1. The minimum absolute atomic E-state index is 0.454. The molecule has 1 aromatic rings. The van der Waals surface area contributed by atoms with Gasteiger partial charge < -0.3 is 5.32 Å². The van der Waals surface area contributed by atoms with Crippen LogP contribution in [0.15, 0.2) is 24.3 Å². The molecule has 1 heteroatoms. The molecule has 0 bridgehead atoms. The van der Waals surface area contributed by atoms with E-state index in [-0.39, 0.29) is 0 Å². The molecule has 1 aromatic carbocycles. The first-order valence-corrected chi connectivity index (χ1v) is 8.91. The maximum absolute atomic E-state index is 3.83. The highest BCUT2D eigenvalue weighted by Crippen LogP contribution is 2.27. The quantitative estimate of drug-likeness (QED) is 0.728. The molecule has 0 spiro atoms. The van der Waals surface area contributed by atoms with E-state index in [9.17, 15) is 0 Å². The van der Waals surface area contributed by atoms with Crippen LogP contribution in [0.3, 0.4) is 0 Å². The monoisotopic (exact) mass is 287 g/mol. The topological polar surface area (TPSA) is 12.0 Å². The van der Waals surface area contributed by atoms with Crippen molar-refractivity contribution in [3.63, 3.8) is 0 Å². The summed E-state index contributed by atoms with van der Waals surface area (Å²) in [6.45, 7) is 9.24. The van der Waals surface area contributed by atoms with E-state index in [1.54, 1.807) is 0 Å². The molecule has 1 nitrogen and oxygen atoms in total. The van der Waals surface area contributed by atoms with Crippen molar-refractivity contribution in [1.29, 1.82) is 0 Å². The van der Waals surface area contributed by atoms with Crippen LogP contribution in [0.2, 0.25) is 0 Å². The molecule has 0 amide bonds. The third kappa shape index (κ3) is 5.14. The lowest BCUT2D eigenvalue weighted by molar-refractivity contribution is 0.268. The third-order valence-corrected chi connectivity index (χ3v) is 4.99. The highest BCUT2D eigenvalue weighted by Gasteiger charge is 2.21. The van der Waals surface area contributed by atoms with Crippen molar-refractivity contribution >= 4 is 0 Å². The fourth-order valence-electron chi connectivity index (χ4n) is 3.67. The second kappa shape index (κ2) is 7.98. The van der Waals surface area contributed by atoms with E-state index in [4.69, 9.17) is 0 Å². The van der Waals surface area contributed by atoms with Crippen molar-refractivity contribution < 1.29 is 0 Å². The van der Waals surface area contributed by atoms with Gasteiger partial charge in [0.2, 0.25) is 0 Å². The van der Waals surface area contributed by atoms with Gasteiger partial charge in [-0.15, -0.1) is 0 Å². The Morgan fingerprint density at radius 2 is 1.57 bits per heavy atom. The Bertz CT molecular complexity index is 400. The van der Waals surface area contributed by atoms with Gasteiger partial charge in [-0.2, -0.15) is 0 Å². The highest BCUT2D eigenvalue weighted by atomic mass is 14.9. The lowest BCUT2D eigenvalue weighted by Crippen LogP contribution is -2.36. The summed E-state index contributed by atoms with van der Waals surface area (Å²) in [4.78, 5) is 0. The molecule has 21 heavy (non-hydrogen) atoms. The smallest absolute Gasteiger partial charge is 0.0294 e. The molecule has 0 saturated heterocycles. The minimum Gasteiger partial charge on any atom is -0.307 e. The number of hydrogen-bond acceptors (Lipinski definition) is 1. The van der Waals surface area contributed by atoms with Crippen LogP contribution >= 0.6 is 0 Å². The summed E-state index contributed by atoms with van der Waals surface area (Å²) in [6, 6.07) is 10.3. The molecule has 1 N–H and O–H groups in total. The molecular weight excluding hydrogens is 254 g/mol. The predicted octanol–water partition coefficient (Wildman–Crippen LogP) is 5.50. The van der Waals surface area contributed by atoms with Crippen molar-refractivity contribution in [2.75, 3.05) is 0 Å². The van der Waals surface area contributed by atoms with Crippen molar-refractivity contribution in [3.05, 3.63) is 35.4 Å². The molecule has 1 aliphatic rings. The van der Waals surface area contributed by atoms with Crippen LogP contribution in [0, 0.1) is 11.8 Å². The summed E-state index contributed by atoms with van der Waals surface area (Å²) < 4.78 is 0. The van der Waals surface area contributed by atoms with Crippen molar-refractivity contribution in [3.8, 4) is 0 Å². The van der Waals surface area contributed by atoms with Crippen molar-refractivity contribution in [2.24, 2.45) is 11.8 Å². The first kappa shape index (κ1) is 16.5. The fourth-order valence-corrected chi connectivity index (χ4v) is 3.67. The number of hydrogen-bond donors (Lipinski definition) is 1. The van der Waals surface area contributed by atoms with E-state index in [1.165, 1.54) is 49.7 Å². The van der Waals surface area contributed by atoms with Crippen LogP contribution < -0.4 is 5.32 Å². The summed E-state index contributed by atoms with van der Waals surface area (Å²) in [6.07, 6.45) is 8.29. The van der Waals surface area contributed by atoms with Crippen LogP contribution in [0.5, 0.6) is 0 Å². The largest absolute Gasteiger partial charge is 0.307 e. The van der Waals surface area contributed by atoms with Gasteiger partial charge in [0.15, 0.2) is 0 Å². The van der Waals surface area contributed by atoms with Gasteiger partial charge in [-0.1, -0.05) is 57.4 Å². The maximum Gasteiger partial charge on any atom is 0.0294 e. The Kier molecular flexibility index (Phi) is 6.29. The molecule has 1 saturated carbocycles. The van der Waals surface area contributed by atoms with Crippen LogP contribution in [0.4, 0.5) is 0 Å². The molecule has 0 radical (unpaired) electrons. The van der Waals surface area contributed by atoms with Crippen LogP contribution in [0.25, 0.3) is 0 Å². The molecule has 1 aliphatic carbocycles. The molecule has 0 heterocycles. The van der Waals surface area contributed by atoms with Crippen LogP contribution in [0.1, 0.15) is 77.0 Å². The first-order chi connectivity index (χ1) is 10.1. The summed E-state index contributed by atoms with van der Waals surface area (Å²) in [7, 11) is 0. The number of rotatable bonds is 6. The molecule has 0 aromatic heterocycles. The van der Waals surface area contributed by atoms with Gasteiger partial charge in [-0.3, -0.25) is 0 Å². The maximum atomic E-state index is 3.83. The minimum atomic E-state index is 0.454. The van der Waals surface area contributed by atoms with Gasteiger partial charge in [0, 0.05) is 12.1 Å². The highest BCUT2D eigenvalue weighted by molar-refractivity contribution is 5.25. The first-order valence-electron chi connectivity index (χ1n) is 8.91. The molecule has 2 atom stereocenters. The second-order valence-electron chi connectivity index (χ2n) is 7.41. The average molecular weight is 287 g/mol. The Morgan fingerprint density at radius 1 is 0.952 bits per heavy atom. The van der Waals surface area contributed by atoms with Gasteiger partial charge in [0.1, 0.15) is 0 Å². The van der Waals surface area contributed by atoms with Crippen molar-refractivity contribution in [1.82, 2.24) is 5.32 Å². The number of nitrogens with one attached hydrogen (secondary N) is 1. The molecule has 0 aliphatic heterocycles. The Balaban J connectivity index is 1.88. The second-order valence-corrected chi connectivity index (χ2v) is 7.41. The lowest BCUT2D eigenvalue weighted by Gasteiger charge is -2.31. The van der Waals surface area contributed by atoms with Gasteiger partial charge in [-0.25, -0.2) is 0 Å². The van der Waals surface area contributed by atoms with E-state index in [0.29, 0.717) is 12.1 Å². The van der Waals surface area contributed by atoms with Gasteiger partial charge >= 0.3 is 0 Å². The van der Waals surface area contributed by atoms with E-state index in [0.717, 1.165) is 11.8 Å². The van der Waals surface area contributed by atoms with E-state index in [2.05, 4.69) is 57.3 Å². The zero-order chi connectivity index (χ0) is 15.2. The molecule has 118 valence electrons. The van der Waals surface area contributed by atoms with E-state index in [1.807, 2.05) is 0 Å². The van der Waals surface area contributed by atoms with E-state index >= 15 is 0 Å². The van der Waals surface area contributed by atoms with Crippen LogP contribution in [-0.4, -0.2) is 6.04 Å². The van der Waals surface area contributed by atoms with Gasteiger partial charge in [0.05, 0.1) is 0 Å². The normalized spacial score (nSPS) is 19.7. The summed E-state index contributed by atoms with van der Waals surface area (Å²) in [5, 5.41) is 3.83. The molecule has 2 rings (SSSR count). The van der Waals surface area contributed by atoms with Gasteiger partial charge in [-0.05, 0) is 56.1 Å². The SMILES string of the molecule is CC(C)Cc1ccc(C(C)N[C@H](C)C2CCCCC2)cc1. The Hall–Kier alpha value is -0.820. The van der Waals surface area contributed by atoms with Crippen molar-refractivity contribution in [2.45, 2.75) is 78.3 Å².